The van der Waals surface area contributed by atoms with Crippen LogP contribution in [0.1, 0.15) is 138 Å². The van der Waals surface area contributed by atoms with Crippen molar-refractivity contribution in [1.29, 1.82) is 0 Å². The third kappa shape index (κ3) is 14.0. The fourth-order valence-corrected chi connectivity index (χ4v) is 3.50. The Bertz CT molecular complexity index is 530. The number of ether oxygens (including phenoxy) is 2. The molecule has 0 amide bonds. The van der Waals surface area contributed by atoms with Gasteiger partial charge in [-0.15, -0.1) is 0 Å². The lowest BCUT2D eigenvalue weighted by Gasteiger charge is -2.04. The largest absolute Gasteiger partial charge is 0.460 e. The minimum absolute atomic E-state index is 0.0543. The molecular formula is C26H44O5. The molecule has 5 nitrogen and oxygen atoms in total. The maximum absolute atomic E-state index is 12.0. The molecule has 0 radical (unpaired) electrons. The van der Waals surface area contributed by atoms with Gasteiger partial charge in [-0.1, -0.05) is 104 Å². The predicted octanol–water partition coefficient (Wildman–Crippen LogP) is 7.87. The van der Waals surface area contributed by atoms with Crippen LogP contribution >= 0.6 is 0 Å². The second-order valence-corrected chi connectivity index (χ2v) is 8.39. The van der Waals surface area contributed by atoms with E-state index >= 15 is 0 Å². The van der Waals surface area contributed by atoms with E-state index in [1.54, 1.807) is 0 Å². The first kappa shape index (κ1) is 27.3. The minimum atomic E-state index is -0.523. The van der Waals surface area contributed by atoms with Gasteiger partial charge in [-0.25, -0.2) is 9.59 Å². The van der Waals surface area contributed by atoms with E-state index in [4.69, 9.17) is 13.9 Å². The predicted molar refractivity (Wildman–Crippen MR) is 124 cm³/mol. The van der Waals surface area contributed by atoms with Crippen LogP contribution in [0.15, 0.2) is 16.5 Å². The maximum atomic E-state index is 12.0. The molecule has 1 aromatic rings. The molecule has 0 unspecified atom stereocenters. The molecule has 0 aliphatic heterocycles. The molecule has 0 saturated carbocycles. The van der Waals surface area contributed by atoms with Gasteiger partial charge in [-0.2, -0.15) is 0 Å². The smallest absolute Gasteiger partial charge is 0.374 e. The van der Waals surface area contributed by atoms with Crippen LogP contribution in [0.2, 0.25) is 0 Å². The second-order valence-electron chi connectivity index (χ2n) is 8.39. The van der Waals surface area contributed by atoms with E-state index in [0.717, 1.165) is 25.7 Å². The molecule has 178 valence electrons. The Balaban J connectivity index is 2.08. The van der Waals surface area contributed by atoms with Crippen LogP contribution in [0, 0.1) is 0 Å². The third-order valence-electron chi connectivity index (χ3n) is 5.47. The van der Waals surface area contributed by atoms with Crippen LogP contribution in [-0.2, 0) is 9.47 Å². The summed E-state index contributed by atoms with van der Waals surface area (Å²) in [6, 6.07) is 2.95. The lowest BCUT2D eigenvalue weighted by atomic mass is 10.1. The molecule has 1 rings (SSSR count). The van der Waals surface area contributed by atoms with Crippen molar-refractivity contribution in [1.82, 2.24) is 0 Å². The van der Waals surface area contributed by atoms with Crippen molar-refractivity contribution in [3.8, 4) is 0 Å². The number of hydrogen-bond acceptors (Lipinski definition) is 5. The molecule has 0 spiro atoms. The summed E-state index contributed by atoms with van der Waals surface area (Å²) in [4.78, 5) is 24.1. The van der Waals surface area contributed by atoms with E-state index in [1.165, 1.54) is 89.2 Å². The molecule has 1 heterocycles. The highest BCUT2D eigenvalue weighted by Gasteiger charge is 2.17. The third-order valence-corrected chi connectivity index (χ3v) is 5.47. The first-order valence-electron chi connectivity index (χ1n) is 12.6. The number of unbranched alkanes of at least 4 members (excludes halogenated alkanes) is 14. The zero-order valence-corrected chi connectivity index (χ0v) is 19.9. The summed E-state index contributed by atoms with van der Waals surface area (Å²) in [6.45, 7) is 5.20. The second kappa shape index (κ2) is 18.9. The molecular weight excluding hydrogens is 392 g/mol. The van der Waals surface area contributed by atoms with Gasteiger partial charge < -0.3 is 13.9 Å². The molecule has 0 atom stereocenters. The molecule has 0 aliphatic carbocycles. The van der Waals surface area contributed by atoms with Crippen molar-refractivity contribution < 1.29 is 23.5 Å². The molecule has 5 heteroatoms. The Morgan fingerprint density at radius 2 is 0.903 bits per heavy atom. The van der Waals surface area contributed by atoms with Crippen molar-refractivity contribution in [3.63, 3.8) is 0 Å². The number of carbonyl (C=O) groups excluding carboxylic acids is 2. The van der Waals surface area contributed by atoms with Crippen molar-refractivity contribution in [2.24, 2.45) is 0 Å². The number of furan rings is 1. The zero-order chi connectivity index (χ0) is 22.6. The fraction of sp³-hybridized carbons (Fsp3) is 0.769. The van der Waals surface area contributed by atoms with Crippen LogP contribution in [0.3, 0.4) is 0 Å². The lowest BCUT2D eigenvalue weighted by Crippen LogP contribution is -2.07. The number of carbonyl (C=O) groups is 2. The van der Waals surface area contributed by atoms with E-state index in [-0.39, 0.29) is 11.5 Å². The van der Waals surface area contributed by atoms with Gasteiger partial charge in [0.1, 0.15) is 0 Å². The van der Waals surface area contributed by atoms with Crippen LogP contribution in [-0.4, -0.2) is 25.2 Å². The summed E-state index contributed by atoms with van der Waals surface area (Å²) in [5, 5.41) is 0. The van der Waals surface area contributed by atoms with E-state index in [0.29, 0.717) is 13.2 Å². The Kier molecular flexibility index (Phi) is 16.7. The van der Waals surface area contributed by atoms with Gasteiger partial charge in [-0.3, -0.25) is 0 Å². The fourth-order valence-electron chi connectivity index (χ4n) is 3.50. The number of hydrogen-bond donors (Lipinski definition) is 0. The van der Waals surface area contributed by atoms with E-state index < -0.39 is 11.9 Å². The highest BCUT2D eigenvalue weighted by atomic mass is 16.6. The van der Waals surface area contributed by atoms with Crippen LogP contribution < -0.4 is 0 Å². The van der Waals surface area contributed by atoms with Crippen LogP contribution in [0.4, 0.5) is 0 Å². The number of rotatable bonds is 20. The van der Waals surface area contributed by atoms with Gasteiger partial charge in [-0.05, 0) is 25.0 Å². The van der Waals surface area contributed by atoms with Gasteiger partial charge in [0.05, 0.1) is 13.2 Å². The molecule has 0 aromatic carbocycles. The minimum Gasteiger partial charge on any atom is -0.460 e. The number of esters is 2. The van der Waals surface area contributed by atoms with Crippen molar-refractivity contribution in [2.45, 2.75) is 117 Å². The highest BCUT2D eigenvalue weighted by Crippen LogP contribution is 2.13. The highest BCUT2D eigenvalue weighted by molar-refractivity contribution is 5.90. The van der Waals surface area contributed by atoms with E-state index in [1.807, 2.05) is 0 Å². The Labute approximate surface area is 189 Å². The zero-order valence-electron chi connectivity index (χ0n) is 19.9. The molecule has 0 saturated heterocycles. The molecule has 0 bridgehead atoms. The van der Waals surface area contributed by atoms with Gasteiger partial charge in [0, 0.05) is 0 Å². The molecule has 1 aromatic heterocycles. The lowest BCUT2D eigenvalue weighted by molar-refractivity contribution is 0.0427. The van der Waals surface area contributed by atoms with Crippen molar-refractivity contribution in [2.75, 3.05) is 13.2 Å². The van der Waals surface area contributed by atoms with Crippen LogP contribution in [0.25, 0.3) is 0 Å². The summed E-state index contributed by atoms with van der Waals surface area (Å²) in [5.41, 5.74) is 0. The maximum Gasteiger partial charge on any atom is 0.374 e. The normalized spacial score (nSPS) is 10.9. The Hall–Kier alpha value is -1.78. The van der Waals surface area contributed by atoms with Gasteiger partial charge in [0.25, 0.3) is 0 Å². The summed E-state index contributed by atoms with van der Waals surface area (Å²) in [7, 11) is 0. The average Bonchev–Trinajstić information content (AvgIpc) is 3.27. The van der Waals surface area contributed by atoms with E-state index in [9.17, 15) is 9.59 Å². The molecule has 0 fully saturated rings. The standard InChI is InChI=1S/C26H44O5/c1-3-5-7-9-11-13-15-17-21-29-25(27)23-19-20-24(31-23)26(28)30-22-18-16-14-12-10-8-6-4-2/h19-20H,3-18,21-22H2,1-2H3. The van der Waals surface area contributed by atoms with Gasteiger partial charge in [0.2, 0.25) is 11.5 Å². The Morgan fingerprint density at radius 1 is 0.581 bits per heavy atom. The van der Waals surface area contributed by atoms with Crippen molar-refractivity contribution >= 4 is 11.9 Å². The summed E-state index contributed by atoms with van der Waals surface area (Å²) in [5.74, 6) is -0.938. The van der Waals surface area contributed by atoms with Crippen LogP contribution in [0.5, 0.6) is 0 Å². The first-order valence-corrected chi connectivity index (χ1v) is 12.6. The molecule has 31 heavy (non-hydrogen) atoms. The quantitative estimate of drug-likeness (QED) is 0.154. The summed E-state index contributed by atoms with van der Waals surface area (Å²) in [6.07, 6.45) is 19.1. The monoisotopic (exact) mass is 436 g/mol. The topological polar surface area (TPSA) is 65.7 Å². The molecule has 0 aliphatic rings. The average molecular weight is 437 g/mol. The molecule has 0 N–H and O–H groups in total. The first-order chi connectivity index (χ1) is 15.2. The van der Waals surface area contributed by atoms with Crippen molar-refractivity contribution in [3.05, 3.63) is 23.7 Å². The SMILES string of the molecule is CCCCCCCCCCOC(=O)c1ccc(C(=O)OCCCCCCCCCC)o1. The summed E-state index contributed by atoms with van der Waals surface area (Å²) < 4.78 is 15.8. The summed E-state index contributed by atoms with van der Waals surface area (Å²) >= 11 is 0. The van der Waals surface area contributed by atoms with E-state index in [2.05, 4.69) is 13.8 Å². The Morgan fingerprint density at radius 3 is 1.26 bits per heavy atom. The van der Waals surface area contributed by atoms with Gasteiger partial charge >= 0.3 is 11.9 Å². The van der Waals surface area contributed by atoms with Gasteiger partial charge in [0.15, 0.2) is 0 Å².